The summed E-state index contributed by atoms with van der Waals surface area (Å²) in [5.41, 5.74) is 1.06. The molecule has 0 bridgehead atoms. The number of halogens is 2. The number of carbonyl (C=O) groups excluding carboxylic acids is 2. The van der Waals surface area contributed by atoms with Crippen molar-refractivity contribution >= 4 is 45.6 Å². The molecule has 246 valence electrons. The number of hydrogen-bond acceptors (Lipinski definition) is 9. The van der Waals surface area contributed by atoms with Crippen LogP contribution in [0, 0.1) is 11.6 Å². The topological polar surface area (TPSA) is 115 Å². The molecule has 0 saturated carbocycles. The number of thiazole rings is 1. The smallest absolute Gasteiger partial charge is 0.283 e. The third-order valence-corrected chi connectivity index (χ3v) is 9.51. The van der Waals surface area contributed by atoms with Crippen molar-refractivity contribution in [2.24, 2.45) is 0 Å². The zero-order chi connectivity index (χ0) is 33.9. The van der Waals surface area contributed by atoms with Gasteiger partial charge in [-0.15, -0.1) is 11.3 Å². The summed E-state index contributed by atoms with van der Waals surface area (Å²) in [6.07, 6.45) is 1.20. The van der Waals surface area contributed by atoms with Gasteiger partial charge < -0.3 is 24.7 Å². The number of pyridine rings is 2. The Morgan fingerprint density at radius 2 is 1.94 bits per heavy atom. The third-order valence-electron chi connectivity index (χ3n) is 8.68. The van der Waals surface area contributed by atoms with Crippen molar-refractivity contribution in [2.45, 2.75) is 38.8 Å². The zero-order valence-electron chi connectivity index (χ0n) is 26.7. The Morgan fingerprint density at radius 3 is 2.60 bits per heavy atom. The molecule has 2 aliphatic rings. The molecule has 0 spiro atoms. The van der Waals surface area contributed by atoms with Crippen molar-refractivity contribution in [3.8, 4) is 22.0 Å². The summed E-state index contributed by atoms with van der Waals surface area (Å²) in [4.78, 5) is 57.7. The van der Waals surface area contributed by atoms with E-state index in [1.807, 2.05) is 39.8 Å². The quantitative estimate of drug-likeness (QED) is 0.294. The number of nitrogens with zero attached hydrogens (tertiary/aromatic N) is 7. The van der Waals surface area contributed by atoms with E-state index in [1.54, 1.807) is 15.3 Å². The number of phenols is 1. The summed E-state index contributed by atoms with van der Waals surface area (Å²) in [6.45, 7) is 10.0. The molecule has 5 heterocycles. The molecule has 47 heavy (non-hydrogen) atoms. The lowest BCUT2D eigenvalue weighted by Gasteiger charge is -2.50. The summed E-state index contributed by atoms with van der Waals surface area (Å²) in [5.74, 6) is -3.14. The highest BCUT2D eigenvalue weighted by Crippen LogP contribution is 2.44. The number of piperazine rings is 1. The molecule has 0 aliphatic carbocycles. The van der Waals surface area contributed by atoms with Gasteiger partial charge in [0.1, 0.15) is 34.0 Å². The number of likely N-dealkylation sites (N-methyl/N-ethyl adjacent to an activating group) is 1. The molecule has 1 saturated heterocycles. The molecule has 14 heteroatoms. The molecule has 1 aromatic carbocycles. The molecule has 0 radical (unpaired) electrons. The third kappa shape index (κ3) is 5.25. The second-order valence-electron chi connectivity index (χ2n) is 12.4. The van der Waals surface area contributed by atoms with E-state index >= 15 is 8.78 Å². The summed E-state index contributed by atoms with van der Waals surface area (Å²) in [7, 11) is 3.69. The van der Waals surface area contributed by atoms with Gasteiger partial charge in [-0.25, -0.2) is 23.3 Å². The maximum Gasteiger partial charge on any atom is 0.283 e. The van der Waals surface area contributed by atoms with Crippen LogP contribution < -0.4 is 15.4 Å². The lowest BCUT2D eigenvalue weighted by atomic mass is 9.98. The van der Waals surface area contributed by atoms with E-state index in [4.69, 9.17) is 0 Å². The van der Waals surface area contributed by atoms with Crippen molar-refractivity contribution in [3.05, 3.63) is 70.1 Å². The Kier molecular flexibility index (Phi) is 8.34. The van der Waals surface area contributed by atoms with Gasteiger partial charge in [0.25, 0.3) is 11.5 Å². The van der Waals surface area contributed by atoms with E-state index in [9.17, 15) is 19.5 Å². The van der Waals surface area contributed by atoms with E-state index in [1.165, 1.54) is 45.1 Å². The molecule has 11 nitrogen and oxygen atoms in total. The van der Waals surface area contributed by atoms with Gasteiger partial charge in [-0.3, -0.25) is 14.4 Å². The van der Waals surface area contributed by atoms with Crippen molar-refractivity contribution in [1.82, 2.24) is 24.3 Å². The van der Waals surface area contributed by atoms with Gasteiger partial charge in [0, 0.05) is 31.1 Å². The predicted molar refractivity (Wildman–Crippen MR) is 178 cm³/mol. The maximum atomic E-state index is 16.3. The first kappa shape index (κ1) is 32.3. The standard InChI is InChI=1S/C33H35F2N7O4S/c1-7-24(44)40-15-22-31(45)39(12-11-38(5)6)29-28(41(22)14-18(40)4)19-13-21(35)27(25-20(34)9-8-10-23(25)43)37-30(19)42(32(29)46)33-26(17(2)3)36-16-47-33/h7-10,13,16-18,22,43H,1,11-12,14-15H2,2-6H3. The normalized spacial score (nSPS) is 17.9. The van der Waals surface area contributed by atoms with Crippen LogP contribution in [-0.4, -0.2) is 93.6 Å². The Hall–Kier alpha value is -4.69. The van der Waals surface area contributed by atoms with Crippen LogP contribution in [0.4, 0.5) is 20.2 Å². The predicted octanol–water partition coefficient (Wildman–Crippen LogP) is 4.12. The summed E-state index contributed by atoms with van der Waals surface area (Å²) in [6, 6.07) is 3.53. The van der Waals surface area contributed by atoms with E-state index in [-0.39, 0.29) is 60.1 Å². The Balaban J connectivity index is 1.73. The van der Waals surface area contributed by atoms with Crippen LogP contribution in [-0.2, 0) is 9.59 Å². The molecular weight excluding hydrogens is 628 g/mol. The van der Waals surface area contributed by atoms with Gasteiger partial charge in [-0.1, -0.05) is 26.5 Å². The first-order valence-electron chi connectivity index (χ1n) is 15.2. The number of anilines is 2. The number of rotatable bonds is 7. The van der Waals surface area contributed by atoms with Gasteiger partial charge in [0.2, 0.25) is 5.91 Å². The van der Waals surface area contributed by atoms with E-state index in [0.29, 0.717) is 22.9 Å². The minimum Gasteiger partial charge on any atom is -0.507 e. The monoisotopic (exact) mass is 663 g/mol. The Morgan fingerprint density at radius 1 is 1.19 bits per heavy atom. The highest BCUT2D eigenvalue weighted by Gasteiger charge is 2.47. The van der Waals surface area contributed by atoms with Crippen molar-refractivity contribution in [1.29, 1.82) is 0 Å². The van der Waals surface area contributed by atoms with Crippen LogP contribution in [0.15, 0.2) is 47.2 Å². The fraction of sp³-hybridized carbons (Fsp3) is 0.364. The first-order chi connectivity index (χ1) is 22.3. The van der Waals surface area contributed by atoms with Crippen molar-refractivity contribution in [3.63, 3.8) is 0 Å². The number of benzene rings is 1. The Labute approximate surface area is 274 Å². The van der Waals surface area contributed by atoms with E-state index in [0.717, 1.165) is 6.07 Å². The zero-order valence-corrected chi connectivity index (χ0v) is 27.5. The van der Waals surface area contributed by atoms with Crippen LogP contribution >= 0.6 is 11.3 Å². The summed E-state index contributed by atoms with van der Waals surface area (Å²) >= 11 is 1.19. The number of aromatic nitrogens is 3. The van der Waals surface area contributed by atoms with Gasteiger partial charge in [-0.2, -0.15) is 0 Å². The lowest BCUT2D eigenvalue weighted by molar-refractivity contribution is -0.130. The van der Waals surface area contributed by atoms with Gasteiger partial charge >= 0.3 is 0 Å². The van der Waals surface area contributed by atoms with Gasteiger partial charge in [0.15, 0.2) is 11.5 Å². The molecular formula is C33H35F2N7O4S. The molecule has 4 aromatic rings. The van der Waals surface area contributed by atoms with Crippen LogP contribution in [0.2, 0.25) is 0 Å². The van der Waals surface area contributed by atoms with Crippen LogP contribution in [0.25, 0.3) is 27.3 Å². The van der Waals surface area contributed by atoms with E-state index < -0.39 is 40.2 Å². The van der Waals surface area contributed by atoms with Crippen molar-refractivity contribution < 1.29 is 23.5 Å². The molecule has 2 aliphatic heterocycles. The molecule has 2 atom stereocenters. The fourth-order valence-corrected chi connectivity index (χ4v) is 7.33. The molecule has 1 fully saturated rings. The average molecular weight is 664 g/mol. The van der Waals surface area contributed by atoms with Crippen molar-refractivity contribution in [2.75, 3.05) is 50.1 Å². The highest BCUT2D eigenvalue weighted by atomic mass is 32.1. The minimum atomic E-state index is -0.930. The molecule has 2 amide bonds. The minimum absolute atomic E-state index is 0.0110. The summed E-state index contributed by atoms with van der Waals surface area (Å²) in [5, 5.41) is 11.2. The number of carbonyl (C=O) groups is 2. The molecule has 3 aromatic heterocycles. The summed E-state index contributed by atoms with van der Waals surface area (Å²) < 4.78 is 32.7. The SMILES string of the molecule is C=CC(=O)N1CC2C(=O)N(CCN(C)C)c3c(c4cc(F)c(-c5c(O)cccc5F)nc4n(-c4scnc4C(C)C)c3=O)N2CC1C. The van der Waals surface area contributed by atoms with Crippen LogP contribution in [0.3, 0.4) is 0 Å². The second kappa shape index (κ2) is 12.2. The largest absolute Gasteiger partial charge is 0.507 e. The van der Waals surface area contributed by atoms with Gasteiger partial charge in [0.05, 0.1) is 29.0 Å². The van der Waals surface area contributed by atoms with Crippen LogP contribution in [0.1, 0.15) is 32.4 Å². The van der Waals surface area contributed by atoms with Gasteiger partial charge in [-0.05, 0) is 51.2 Å². The highest BCUT2D eigenvalue weighted by molar-refractivity contribution is 7.12. The Bertz CT molecular complexity index is 1970. The number of aromatic hydroxyl groups is 1. The number of hydrogen-bond donors (Lipinski definition) is 1. The average Bonchev–Trinajstić information content (AvgIpc) is 3.50. The van der Waals surface area contributed by atoms with E-state index in [2.05, 4.69) is 16.5 Å². The molecule has 6 rings (SSSR count). The maximum absolute atomic E-state index is 16.3. The first-order valence-corrected chi connectivity index (χ1v) is 16.1. The lowest BCUT2D eigenvalue weighted by Crippen LogP contribution is -2.67. The number of phenolic OH excluding ortho intramolecular Hbond substituents is 1. The number of amides is 2. The van der Waals surface area contributed by atoms with Crippen LogP contribution in [0.5, 0.6) is 5.75 Å². The molecule has 1 N–H and O–H groups in total. The molecule has 2 unspecified atom stereocenters. The fourth-order valence-electron chi connectivity index (χ4n) is 6.38. The number of fused-ring (bicyclic) bond motifs is 5. The second-order valence-corrected chi connectivity index (χ2v) is 13.2.